The highest BCUT2D eigenvalue weighted by atomic mass is 16.6. The second-order valence-electron chi connectivity index (χ2n) is 5.85. The van der Waals surface area contributed by atoms with Crippen LogP contribution < -0.4 is 5.32 Å². The molecule has 20 heavy (non-hydrogen) atoms. The Kier molecular flexibility index (Phi) is 4.83. The number of benzene rings is 1. The van der Waals surface area contributed by atoms with Gasteiger partial charge in [0.15, 0.2) is 0 Å². The zero-order chi connectivity index (χ0) is 15.5. The van der Waals surface area contributed by atoms with Crippen LogP contribution in [0.25, 0.3) is 0 Å². The Morgan fingerprint density at radius 2 is 2.05 bits per heavy atom. The number of nitrogens with zero attached hydrogens (tertiary/aromatic N) is 1. The van der Waals surface area contributed by atoms with Crippen molar-refractivity contribution in [3.8, 4) is 0 Å². The molecule has 1 aromatic carbocycles. The highest BCUT2D eigenvalue weighted by molar-refractivity contribution is 5.94. The largest absolute Gasteiger partial charge is 0.391 e. The maximum Gasteiger partial charge on any atom is 0.272 e. The molecule has 0 heterocycles. The lowest BCUT2D eigenvalue weighted by molar-refractivity contribution is -0.385. The van der Waals surface area contributed by atoms with Gasteiger partial charge >= 0.3 is 0 Å². The van der Waals surface area contributed by atoms with E-state index in [-0.39, 0.29) is 23.6 Å². The van der Waals surface area contributed by atoms with Gasteiger partial charge in [-0.05, 0) is 24.5 Å². The van der Waals surface area contributed by atoms with Crippen LogP contribution in [-0.4, -0.2) is 28.6 Å². The van der Waals surface area contributed by atoms with Crippen molar-refractivity contribution in [2.24, 2.45) is 5.41 Å². The summed E-state index contributed by atoms with van der Waals surface area (Å²) in [6.45, 7) is 7.34. The van der Waals surface area contributed by atoms with E-state index in [0.717, 1.165) is 0 Å². The third-order valence-electron chi connectivity index (χ3n) is 3.11. The first-order valence-corrected chi connectivity index (χ1v) is 6.34. The highest BCUT2D eigenvalue weighted by Crippen LogP contribution is 2.20. The van der Waals surface area contributed by atoms with Gasteiger partial charge in [-0.1, -0.05) is 20.8 Å². The average Bonchev–Trinajstić information content (AvgIpc) is 2.33. The summed E-state index contributed by atoms with van der Waals surface area (Å²) in [6, 6.07) is 4.19. The molecule has 0 aromatic heterocycles. The van der Waals surface area contributed by atoms with Gasteiger partial charge in [0.25, 0.3) is 11.6 Å². The number of aliphatic hydroxyl groups is 1. The fourth-order valence-electron chi connectivity index (χ4n) is 1.60. The van der Waals surface area contributed by atoms with Gasteiger partial charge in [-0.15, -0.1) is 0 Å². The van der Waals surface area contributed by atoms with Crippen LogP contribution in [-0.2, 0) is 0 Å². The Hall–Kier alpha value is -1.95. The molecular formula is C14H20N2O4. The standard InChI is InChI=1S/C14H20N2O4/c1-9-7-10(5-6-11(9)16(19)20)13(18)15-8-12(17)14(2,3)4/h5-7,12,17H,8H2,1-4H3,(H,15,18). The molecule has 0 radical (unpaired) electrons. The molecule has 110 valence electrons. The van der Waals surface area contributed by atoms with Gasteiger partial charge < -0.3 is 10.4 Å². The second kappa shape index (κ2) is 6.00. The number of nitro benzene ring substituents is 1. The summed E-state index contributed by atoms with van der Waals surface area (Å²) in [4.78, 5) is 22.1. The van der Waals surface area contributed by atoms with Gasteiger partial charge in [0, 0.05) is 23.7 Å². The van der Waals surface area contributed by atoms with Crippen molar-refractivity contribution in [2.45, 2.75) is 33.8 Å². The number of amides is 1. The van der Waals surface area contributed by atoms with E-state index in [4.69, 9.17) is 0 Å². The fourth-order valence-corrected chi connectivity index (χ4v) is 1.60. The number of rotatable bonds is 4. The van der Waals surface area contributed by atoms with Crippen LogP contribution in [0.2, 0.25) is 0 Å². The molecule has 0 fully saturated rings. The third kappa shape index (κ3) is 4.03. The summed E-state index contributed by atoms with van der Waals surface area (Å²) in [7, 11) is 0. The van der Waals surface area contributed by atoms with Gasteiger partial charge in [0.05, 0.1) is 11.0 Å². The van der Waals surface area contributed by atoms with Crippen LogP contribution >= 0.6 is 0 Å². The number of aryl methyl sites for hydroxylation is 1. The van der Waals surface area contributed by atoms with E-state index in [0.29, 0.717) is 11.1 Å². The SMILES string of the molecule is Cc1cc(C(=O)NCC(O)C(C)(C)C)ccc1[N+](=O)[O-]. The summed E-state index contributed by atoms with van der Waals surface area (Å²) < 4.78 is 0. The monoisotopic (exact) mass is 280 g/mol. The van der Waals surface area contributed by atoms with E-state index < -0.39 is 11.0 Å². The average molecular weight is 280 g/mol. The highest BCUT2D eigenvalue weighted by Gasteiger charge is 2.22. The molecule has 0 aliphatic rings. The molecule has 0 aliphatic carbocycles. The molecule has 1 aromatic rings. The van der Waals surface area contributed by atoms with E-state index in [1.165, 1.54) is 18.2 Å². The summed E-state index contributed by atoms with van der Waals surface area (Å²) in [6.07, 6.45) is -0.661. The van der Waals surface area contributed by atoms with Crippen molar-refractivity contribution in [1.29, 1.82) is 0 Å². The van der Waals surface area contributed by atoms with Crippen LogP contribution in [0.4, 0.5) is 5.69 Å². The van der Waals surface area contributed by atoms with Crippen molar-refractivity contribution in [3.05, 3.63) is 39.4 Å². The molecule has 6 nitrogen and oxygen atoms in total. The Bertz CT molecular complexity index is 520. The molecule has 1 unspecified atom stereocenters. The number of carbonyl (C=O) groups excluding carboxylic acids is 1. The normalized spacial score (nSPS) is 12.8. The molecule has 1 amide bonds. The predicted octanol–water partition coefficient (Wildman–Crippen LogP) is 2.04. The number of hydrogen-bond acceptors (Lipinski definition) is 4. The minimum atomic E-state index is -0.661. The number of aliphatic hydroxyl groups excluding tert-OH is 1. The van der Waals surface area contributed by atoms with Crippen molar-refractivity contribution in [3.63, 3.8) is 0 Å². The Balaban J connectivity index is 2.74. The Morgan fingerprint density at radius 3 is 2.50 bits per heavy atom. The first kappa shape index (κ1) is 16.1. The minimum Gasteiger partial charge on any atom is -0.391 e. The molecule has 6 heteroatoms. The van der Waals surface area contributed by atoms with E-state index in [9.17, 15) is 20.0 Å². The maximum atomic E-state index is 11.9. The predicted molar refractivity (Wildman–Crippen MR) is 75.6 cm³/mol. The first-order valence-electron chi connectivity index (χ1n) is 6.34. The van der Waals surface area contributed by atoms with Crippen molar-refractivity contribution in [2.75, 3.05) is 6.54 Å². The topological polar surface area (TPSA) is 92.5 Å². The Morgan fingerprint density at radius 1 is 1.45 bits per heavy atom. The van der Waals surface area contributed by atoms with Crippen LogP contribution in [0.5, 0.6) is 0 Å². The van der Waals surface area contributed by atoms with E-state index in [1.54, 1.807) is 6.92 Å². The van der Waals surface area contributed by atoms with Crippen molar-refractivity contribution < 1.29 is 14.8 Å². The molecule has 1 rings (SSSR count). The fraction of sp³-hybridized carbons (Fsp3) is 0.500. The summed E-state index contributed by atoms with van der Waals surface area (Å²) in [5, 5.41) is 23.2. The number of carbonyl (C=O) groups is 1. The molecule has 0 saturated carbocycles. The van der Waals surface area contributed by atoms with E-state index in [2.05, 4.69) is 5.32 Å². The van der Waals surface area contributed by atoms with Gasteiger partial charge in [-0.3, -0.25) is 14.9 Å². The molecule has 0 bridgehead atoms. The van der Waals surface area contributed by atoms with Crippen molar-refractivity contribution >= 4 is 11.6 Å². The molecule has 0 spiro atoms. The molecule has 0 aliphatic heterocycles. The zero-order valence-corrected chi connectivity index (χ0v) is 12.1. The smallest absolute Gasteiger partial charge is 0.272 e. The lowest BCUT2D eigenvalue weighted by atomic mass is 9.89. The molecule has 0 saturated heterocycles. The van der Waals surface area contributed by atoms with Crippen LogP contribution in [0, 0.1) is 22.5 Å². The number of nitro groups is 1. The first-order chi connectivity index (χ1) is 9.12. The molecule has 2 N–H and O–H groups in total. The number of nitrogens with one attached hydrogen (secondary N) is 1. The van der Waals surface area contributed by atoms with Gasteiger partial charge in [-0.2, -0.15) is 0 Å². The minimum absolute atomic E-state index is 0.0173. The van der Waals surface area contributed by atoms with Gasteiger partial charge in [0.2, 0.25) is 0 Å². The summed E-state index contributed by atoms with van der Waals surface area (Å²) in [5.41, 5.74) is 0.433. The molecular weight excluding hydrogens is 260 g/mol. The van der Waals surface area contributed by atoms with Crippen LogP contribution in [0.15, 0.2) is 18.2 Å². The summed E-state index contributed by atoms with van der Waals surface area (Å²) >= 11 is 0. The Labute approximate surface area is 118 Å². The van der Waals surface area contributed by atoms with E-state index >= 15 is 0 Å². The van der Waals surface area contributed by atoms with Gasteiger partial charge in [0.1, 0.15) is 0 Å². The van der Waals surface area contributed by atoms with Crippen molar-refractivity contribution in [1.82, 2.24) is 5.32 Å². The van der Waals surface area contributed by atoms with E-state index in [1.807, 2.05) is 20.8 Å². The third-order valence-corrected chi connectivity index (χ3v) is 3.11. The molecule has 1 atom stereocenters. The zero-order valence-electron chi connectivity index (χ0n) is 12.1. The number of hydrogen-bond donors (Lipinski definition) is 2. The van der Waals surface area contributed by atoms with Gasteiger partial charge in [-0.25, -0.2) is 0 Å². The summed E-state index contributed by atoms with van der Waals surface area (Å²) in [5.74, 6) is -0.355. The quantitative estimate of drug-likeness (QED) is 0.652. The maximum absolute atomic E-state index is 11.9. The van der Waals surface area contributed by atoms with Crippen LogP contribution in [0.1, 0.15) is 36.7 Å². The van der Waals surface area contributed by atoms with Crippen LogP contribution in [0.3, 0.4) is 0 Å². The second-order valence-corrected chi connectivity index (χ2v) is 5.85. The lowest BCUT2D eigenvalue weighted by Crippen LogP contribution is -2.39. The lowest BCUT2D eigenvalue weighted by Gasteiger charge is -2.25.